The Morgan fingerprint density at radius 1 is 1.31 bits per heavy atom. The Bertz CT molecular complexity index is 1010. The number of alkyl halides is 1. The number of hydrogen-bond donors (Lipinski definition) is 2. The van der Waals surface area contributed by atoms with Gasteiger partial charge in [0.2, 0.25) is 0 Å². The maximum Gasteiger partial charge on any atom is 0.255 e. The fourth-order valence-corrected chi connectivity index (χ4v) is 3.63. The zero-order valence-electron chi connectivity index (χ0n) is 17.6. The average molecular weight is 397 g/mol. The van der Waals surface area contributed by atoms with Gasteiger partial charge in [0, 0.05) is 18.9 Å². The molecule has 2 N–H and O–H groups in total. The first kappa shape index (κ1) is 20.8. The molecular weight excluding hydrogens is 367 g/mol. The van der Waals surface area contributed by atoms with E-state index in [1.54, 1.807) is 17.6 Å². The number of fused-ring (bicyclic) bond motifs is 1. The number of rotatable bonds is 6. The molecule has 0 atom stereocenters. The summed E-state index contributed by atoms with van der Waals surface area (Å²) < 4.78 is 14.7. The third-order valence-corrected chi connectivity index (χ3v) is 4.88. The van der Waals surface area contributed by atoms with Gasteiger partial charge in [-0.3, -0.25) is 4.79 Å². The molecule has 0 bridgehead atoms. The molecule has 5 nitrogen and oxygen atoms in total. The van der Waals surface area contributed by atoms with Gasteiger partial charge in [-0.2, -0.15) is 5.10 Å². The van der Waals surface area contributed by atoms with Crippen LogP contribution in [0.5, 0.6) is 0 Å². The topological polar surface area (TPSA) is 58.4 Å². The number of pyridine rings is 1. The quantitative estimate of drug-likeness (QED) is 0.712. The van der Waals surface area contributed by atoms with E-state index in [4.69, 9.17) is 5.10 Å². The number of aromatic nitrogens is 2. The van der Waals surface area contributed by atoms with Crippen LogP contribution in [0.25, 0.3) is 11.1 Å². The van der Waals surface area contributed by atoms with Crippen molar-refractivity contribution in [1.82, 2.24) is 14.9 Å². The highest BCUT2D eigenvalue weighted by molar-refractivity contribution is 6.07. The number of amides is 1. The van der Waals surface area contributed by atoms with Crippen LogP contribution in [0.4, 0.5) is 10.1 Å². The molecule has 29 heavy (non-hydrogen) atoms. The highest BCUT2D eigenvalue weighted by Gasteiger charge is 2.25. The molecule has 3 rings (SSSR count). The summed E-state index contributed by atoms with van der Waals surface area (Å²) in [6.45, 7) is 10.2. The van der Waals surface area contributed by atoms with E-state index in [-0.39, 0.29) is 11.3 Å². The summed E-state index contributed by atoms with van der Waals surface area (Å²) in [5.41, 5.74) is 5.31. The molecule has 1 aliphatic carbocycles. The van der Waals surface area contributed by atoms with Gasteiger partial charge in [0.05, 0.1) is 11.3 Å². The summed E-state index contributed by atoms with van der Waals surface area (Å²) in [5, 5.41) is 10.8. The van der Waals surface area contributed by atoms with Crippen molar-refractivity contribution in [3.05, 3.63) is 59.6 Å². The average Bonchev–Trinajstić information content (AvgIpc) is 3.06. The van der Waals surface area contributed by atoms with Crippen LogP contribution < -0.4 is 10.6 Å². The number of allylic oxidation sites excluding steroid dienone is 5. The van der Waals surface area contributed by atoms with Crippen molar-refractivity contribution >= 4 is 22.7 Å². The molecule has 0 radical (unpaired) electrons. The molecule has 1 amide bonds. The first-order valence-corrected chi connectivity index (χ1v) is 9.86. The number of carbonyl (C=O) groups excluding carboxylic acids is 1. The maximum absolute atomic E-state index is 12.9. The minimum Gasteiger partial charge on any atom is -0.358 e. The molecule has 2 aromatic heterocycles. The molecule has 1 aliphatic rings. The van der Waals surface area contributed by atoms with E-state index < -0.39 is 6.67 Å². The predicted molar refractivity (Wildman–Crippen MR) is 117 cm³/mol. The standard InChI is InChI=1S/C23H29FN4O/c1-15(13-23(2,3)4)26-18-7-6-12-28-21(18)19(22(29)25-5)20(27-28)17-10-8-16(14-24)9-11-17/h6-8,10,12,26H,1,9,11,13-14H2,2-5H3,(H,25,29). The predicted octanol–water partition coefficient (Wildman–Crippen LogP) is 5.13. The maximum atomic E-state index is 12.9. The monoisotopic (exact) mass is 396 g/mol. The molecule has 0 saturated heterocycles. The first-order chi connectivity index (χ1) is 13.7. The van der Waals surface area contributed by atoms with Crippen molar-refractivity contribution in [2.45, 2.75) is 40.0 Å². The molecule has 154 valence electrons. The summed E-state index contributed by atoms with van der Waals surface area (Å²) in [4.78, 5) is 12.8. The van der Waals surface area contributed by atoms with Gasteiger partial charge in [0.15, 0.2) is 0 Å². The Hall–Kier alpha value is -2.89. The SMILES string of the molecule is C=C(CC(C)(C)C)Nc1cccn2nc(C3=CC=C(CF)CC3)c(C(=O)NC)c12. The molecular formula is C23H29FN4O. The lowest BCUT2D eigenvalue weighted by Crippen LogP contribution is -2.19. The van der Waals surface area contributed by atoms with E-state index in [1.807, 2.05) is 24.4 Å². The van der Waals surface area contributed by atoms with Crippen LogP contribution >= 0.6 is 0 Å². The third kappa shape index (κ3) is 4.58. The number of hydrogen-bond acceptors (Lipinski definition) is 3. The second kappa shape index (κ2) is 8.23. The van der Waals surface area contributed by atoms with E-state index in [0.29, 0.717) is 29.6 Å². The molecule has 0 saturated carbocycles. The van der Waals surface area contributed by atoms with Crippen LogP contribution in [-0.2, 0) is 0 Å². The van der Waals surface area contributed by atoms with Crippen LogP contribution in [0.1, 0.15) is 56.1 Å². The number of halogens is 1. The largest absolute Gasteiger partial charge is 0.358 e. The van der Waals surface area contributed by atoms with Crippen LogP contribution in [0.3, 0.4) is 0 Å². The Morgan fingerprint density at radius 3 is 2.66 bits per heavy atom. The summed E-state index contributed by atoms with van der Waals surface area (Å²) in [6.07, 6.45) is 7.58. The highest BCUT2D eigenvalue weighted by Crippen LogP contribution is 2.34. The number of carbonyl (C=O) groups is 1. The molecule has 2 aromatic rings. The first-order valence-electron chi connectivity index (χ1n) is 9.86. The third-order valence-electron chi connectivity index (χ3n) is 4.88. The molecule has 0 fully saturated rings. The van der Waals surface area contributed by atoms with E-state index in [1.165, 1.54) is 0 Å². The smallest absolute Gasteiger partial charge is 0.255 e. The normalized spacial score (nSPS) is 14.4. The number of nitrogens with one attached hydrogen (secondary N) is 2. The van der Waals surface area contributed by atoms with Crippen molar-refractivity contribution < 1.29 is 9.18 Å². The van der Waals surface area contributed by atoms with Crippen molar-refractivity contribution in [2.75, 3.05) is 19.0 Å². The fourth-order valence-electron chi connectivity index (χ4n) is 3.63. The summed E-state index contributed by atoms with van der Waals surface area (Å²) in [5.74, 6) is -0.202. The molecule has 0 aliphatic heterocycles. The Morgan fingerprint density at radius 2 is 2.07 bits per heavy atom. The van der Waals surface area contributed by atoms with E-state index in [2.05, 4.69) is 38.0 Å². The van der Waals surface area contributed by atoms with Crippen molar-refractivity contribution in [2.24, 2.45) is 5.41 Å². The van der Waals surface area contributed by atoms with Crippen LogP contribution in [-0.4, -0.2) is 29.2 Å². The Kier molecular flexibility index (Phi) is 5.91. The van der Waals surface area contributed by atoms with Crippen molar-refractivity contribution in [3.8, 4) is 0 Å². The summed E-state index contributed by atoms with van der Waals surface area (Å²) in [6, 6.07) is 3.82. The lowest BCUT2D eigenvalue weighted by Gasteiger charge is -2.21. The van der Waals surface area contributed by atoms with Crippen LogP contribution in [0, 0.1) is 5.41 Å². The van der Waals surface area contributed by atoms with Gasteiger partial charge in [0.1, 0.15) is 17.9 Å². The van der Waals surface area contributed by atoms with Gasteiger partial charge in [-0.15, -0.1) is 0 Å². The van der Waals surface area contributed by atoms with Gasteiger partial charge in [-0.05, 0) is 48.0 Å². The van der Waals surface area contributed by atoms with Crippen LogP contribution in [0.2, 0.25) is 0 Å². The van der Waals surface area contributed by atoms with Crippen molar-refractivity contribution in [3.63, 3.8) is 0 Å². The second-order valence-electron chi connectivity index (χ2n) is 8.63. The van der Waals surface area contributed by atoms with E-state index in [0.717, 1.165) is 29.0 Å². The molecule has 0 aromatic carbocycles. The van der Waals surface area contributed by atoms with Crippen molar-refractivity contribution in [1.29, 1.82) is 0 Å². The van der Waals surface area contributed by atoms with E-state index in [9.17, 15) is 9.18 Å². The fraction of sp³-hybridized carbons (Fsp3) is 0.391. The molecule has 0 spiro atoms. The zero-order valence-corrected chi connectivity index (χ0v) is 17.6. The Balaban J connectivity index is 2.11. The lowest BCUT2D eigenvalue weighted by atomic mass is 9.91. The summed E-state index contributed by atoms with van der Waals surface area (Å²) in [7, 11) is 1.61. The van der Waals surface area contributed by atoms with Gasteiger partial charge in [0.25, 0.3) is 5.91 Å². The minimum absolute atomic E-state index is 0.0948. The van der Waals surface area contributed by atoms with Crippen LogP contribution in [0.15, 0.2) is 48.3 Å². The van der Waals surface area contributed by atoms with Gasteiger partial charge >= 0.3 is 0 Å². The Labute approximate surface area is 171 Å². The lowest BCUT2D eigenvalue weighted by molar-refractivity contribution is 0.0964. The summed E-state index contributed by atoms with van der Waals surface area (Å²) >= 11 is 0. The van der Waals surface area contributed by atoms with Gasteiger partial charge in [-0.1, -0.05) is 39.5 Å². The van der Waals surface area contributed by atoms with E-state index >= 15 is 0 Å². The molecule has 6 heteroatoms. The minimum atomic E-state index is -0.443. The number of nitrogens with zero attached hydrogens (tertiary/aromatic N) is 2. The van der Waals surface area contributed by atoms with Gasteiger partial charge < -0.3 is 10.6 Å². The van der Waals surface area contributed by atoms with Gasteiger partial charge in [-0.25, -0.2) is 8.91 Å². The second-order valence-corrected chi connectivity index (χ2v) is 8.63. The molecule has 0 unspecified atom stereocenters. The highest BCUT2D eigenvalue weighted by atomic mass is 19.1. The zero-order chi connectivity index (χ0) is 21.2. The molecule has 2 heterocycles. The number of anilines is 1.